The van der Waals surface area contributed by atoms with Crippen LogP contribution in [0.2, 0.25) is 20.1 Å². The Kier molecular flexibility index (Phi) is 7.31. The molecular weight excluding hydrogens is 539 g/mol. The van der Waals surface area contributed by atoms with Crippen LogP contribution in [0.5, 0.6) is 0 Å². The second-order valence-electron chi connectivity index (χ2n) is 8.73. The molecule has 1 heterocycles. The molecule has 1 atom stereocenters. The third-order valence-electron chi connectivity index (χ3n) is 5.38. The van der Waals surface area contributed by atoms with Crippen molar-refractivity contribution in [3.8, 4) is 0 Å². The second-order valence-corrected chi connectivity index (χ2v) is 10.3. The smallest absolute Gasteiger partial charge is 0.435 e. The quantitative estimate of drug-likeness (QED) is 0.386. The zero-order chi connectivity index (χ0) is 25.6. The highest BCUT2D eigenvalue weighted by atomic mass is 35.5. The molecule has 0 aromatic heterocycles. The van der Waals surface area contributed by atoms with Gasteiger partial charge in [-0.1, -0.05) is 57.6 Å². The molecule has 0 aliphatic carbocycles. The third kappa shape index (κ3) is 5.05. The molecule has 2 aromatic rings. The fourth-order valence-electron chi connectivity index (χ4n) is 3.48. The Bertz CT molecular complexity index is 1140. The number of halogens is 7. The lowest BCUT2D eigenvalue weighted by atomic mass is 9.86. The van der Waals surface area contributed by atoms with Crippen LogP contribution in [0.1, 0.15) is 43.9 Å². The lowest BCUT2D eigenvalue weighted by molar-refractivity contribution is -0.275. The number of carboxylic acid groups (broad SMARTS) is 1. The molecule has 0 spiro atoms. The van der Waals surface area contributed by atoms with Gasteiger partial charge in [0.1, 0.15) is 0 Å². The van der Waals surface area contributed by atoms with Crippen molar-refractivity contribution in [2.24, 2.45) is 5.16 Å². The highest BCUT2D eigenvalue weighted by Crippen LogP contribution is 2.50. The average molecular weight is 558 g/mol. The minimum atomic E-state index is -4.87. The van der Waals surface area contributed by atoms with Gasteiger partial charge < -0.3 is 9.94 Å². The van der Waals surface area contributed by atoms with Crippen molar-refractivity contribution in [1.82, 2.24) is 4.90 Å². The number of rotatable bonds is 4. The number of hydrogen-bond acceptors (Lipinski definition) is 3. The Morgan fingerprint density at radius 1 is 1.09 bits per heavy atom. The van der Waals surface area contributed by atoms with Crippen molar-refractivity contribution >= 4 is 58.2 Å². The summed E-state index contributed by atoms with van der Waals surface area (Å²) in [6, 6.07) is 6.55. The van der Waals surface area contributed by atoms with Crippen LogP contribution in [0.3, 0.4) is 0 Å². The molecule has 3 rings (SSSR count). The lowest BCUT2D eigenvalue weighted by Gasteiger charge is -2.33. The average Bonchev–Trinajstić information content (AvgIpc) is 3.16. The summed E-state index contributed by atoms with van der Waals surface area (Å²) >= 11 is 24.1. The second kappa shape index (κ2) is 9.30. The van der Waals surface area contributed by atoms with Crippen molar-refractivity contribution in [1.29, 1.82) is 0 Å². The molecule has 5 nitrogen and oxygen atoms in total. The molecule has 1 N–H and O–H groups in total. The number of carbonyl (C=O) groups is 1. The number of oxime groups is 1. The largest absolute Gasteiger partial charge is 0.465 e. The monoisotopic (exact) mass is 556 g/mol. The molecule has 1 amide bonds. The standard InChI is InChI=1S/C22H19Cl4F3N2O3/c1-20(2,3)31(19(32)33)10-12-6-11(4-5-14(12)23)17-9-21(34-30-17,22(27,28)29)13-7-15(24)18(26)16(25)8-13/h4-8H,9-10H2,1-3H3,(H,32,33). The maximum Gasteiger partial charge on any atom is 0.435 e. The molecule has 0 fully saturated rings. The first-order valence-corrected chi connectivity index (χ1v) is 11.3. The van der Waals surface area contributed by atoms with Crippen LogP contribution in [-0.4, -0.2) is 33.5 Å². The fourth-order valence-corrected chi connectivity index (χ4v) is 4.26. The van der Waals surface area contributed by atoms with Crippen LogP contribution < -0.4 is 0 Å². The Morgan fingerprint density at radius 2 is 1.68 bits per heavy atom. The zero-order valence-corrected chi connectivity index (χ0v) is 21.1. The third-order valence-corrected chi connectivity index (χ3v) is 6.95. The van der Waals surface area contributed by atoms with Crippen LogP contribution in [0, 0.1) is 0 Å². The van der Waals surface area contributed by atoms with E-state index in [1.165, 1.54) is 23.1 Å². The molecule has 0 saturated heterocycles. The molecule has 1 aliphatic heterocycles. The van der Waals surface area contributed by atoms with Gasteiger partial charge in [-0.15, -0.1) is 0 Å². The van der Waals surface area contributed by atoms with Gasteiger partial charge >= 0.3 is 12.3 Å². The molecule has 0 radical (unpaired) electrons. The molecule has 2 aromatic carbocycles. The number of hydrogen-bond donors (Lipinski definition) is 1. The zero-order valence-electron chi connectivity index (χ0n) is 18.1. The lowest BCUT2D eigenvalue weighted by Crippen LogP contribution is -2.44. The van der Waals surface area contributed by atoms with Gasteiger partial charge in [0.15, 0.2) is 0 Å². The van der Waals surface area contributed by atoms with E-state index in [0.717, 1.165) is 12.1 Å². The van der Waals surface area contributed by atoms with Gasteiger partial charge in [0, 0.05) is 22.5 Å². The van der Waals surface area contributed by atoms with E-state index in [-0.39, 0.29) is 37.9 Å². The Morgan fingerprint density at radius 3 is 2.18 bits per heavy atom. The SMILES string of the molecule is CC(C)(C)N(Cc1cc(C2=NOC(c3cc(Cl)c(Cl)c(Cl)c3)(C(F)(F)F)C2)ccc1Cl)C(=O)O. The highest BCUT2D eigenvalue weighted by Gasteiger charge is 2.62. The van der Waals surface area contributed by atoms with Crippen LogP contribution in [0.15, 0.2) is 35.5 Å². The Labute approximate surface area is 214 Å². The molecule has 12 heteroatoms. The first kappa shape index (κ1) is 26.7. The normalized spacial score (nSPS) is 18.5. The van der Waals surface area contributed by atoms with E-state index in [0.29, 0.717) is 11.1 Å². The van der Waals surface area contributed by atoms with Crippen molar-refractivity contribution in [3.63, 3.8) is 0 Å². The maximum absolute atomic E-state index is 14.3. The van der Waals surface area contributed by atoms with Gasteiger partial charge in [-0.05, 0) is 56.2 Å². The summed E-state index contributed by atoms with van der Waals surface area (Å²) in [6.45, 7) is 5.07. The molecule has 34 heavy (non-hydrogen) atoms. The van der Waals surface area contributed by atoms with Crippen LogP contribution in [-0.2, 0) is 17.0 Å². The minimum absolute atomic E-state index is 0.00456. The van der Waals surface area contributed by atoms with Crippen molar-refractivity contribution < 1.29 is 27.9 Å². The molecule has 184 valence electrons. The van der Waals surface area contributed by atoms with E-state index in [1.54, 1.807) is 20.8 Å². The first-order chi connectivity index (χ1) is 15.6. The predicted molar refractivity (Wildman–Crippen MR) is 126 cm³/mol. The summed E-state index contributed by atoms with van der Waals surface area (Å²) in [5.41, 5.74) is -3.22. The van der Waals surface area contributed by atoms with E-state index in [9.17, 15) is 23.1 Å². The van der Waals surface area contributed by atoms with E-state index in [1.807, 2.05) is 0 Å². The van der Waals surface area contributed by atoms with Crippen LogP contribution >= 0.6 is 46.4 Å². The van der Waals surface area contributed by atoms with Crippen molar-refractivity contribution in [2.45, 2.75) is 51.1 Å². The maximum atomic E-state index is 14.3. The highest BCUT2D eigenvalue weighted by molar-refractivity contribution is 6.48. The van der Waals surface area contributed by atoms with Crippen LogP contribution in [0.25, 0.3) is 0 Å². The van der Waals surface area contributed by atoms with Crippen LogP contribution in [0.4, 0.5) is 18.0 Å². The van der Waals surface area contributed by atoms with Gasteiger partial charge in [-0.3, -0.25) is 4.90 Å². The van der Waals surface area contributed by atoms with E-state index in [2.05, 4.69) is 5.16 Å². The van der Waals surface area contributed by atoms with E-state index in [4.69, 9.17) is 51.2 Å². The van der Waals surface area contributed by atoms with E-state index < -0.39 is 29.8 Å². The molecule has 0 saturated carbocycles. The molecule has 0 bridgehead atoms. The summed E-state index contributed by atoms with van der Waals surface area (Å²) in [4.78, 5) is 17.9. The van der Waals surface area contributed by atoms with Crippen molar-refractivity contribution in [2.75, 3.05) is 0 Å². The Balaban J connectivity index is 2.00. The van der Waals surface area contributed by atoms with E-state index >= 15 is 0 Å². The summed E-state index contributed by atoms with van der Waals surface area (Å²) in [5, 5.41) is 13.2. The molecule has 1 aliphatic rings. The summed E-state index contributed by atoms with van der Waals surface area (Å²) in [6.07, 6.45) is -6.71. The molecular formula is C22H19Cl4F3N2O3. The van der Waals surface area contributed by atoms with Gasteiger partial charge in [-0.25, -0.2) is 4.79 Å². The summed E-state index contributed by atoms with van der Waals surface area (Å²) in [5.74, 6) is 0. The first-order valence-electron chi connectivity index (χ1n) is 9.83. The van der Waals surface area contributed by atoms with Gasteiger partial charge in [-0.2, -0.15) is 13.2 Å². The molecule has 1 unspecified atom stereocenters. The van der Waals surface area contributed by atoms with Crippen molar-refractivity contribution in [3.05, 3.63) is 67.1 Å². The minimum Gasteiger partial charge on any atom is -0.465 e. The Hall–Kier alpha value is -1.87. The summed E-state index contributed by atoms with van der Waals surface area (Å²) in [7, 11) is 0. The number of alkyl halides is 3. The van der Waals surface area contributed by atoms with Gasteiger partial charge in [0.05, 0.1) is 27.3 Å². The van der Waals surface area contributed by atoms with Gasteiger partial charge in [0.25, 0.3) is 5.60 Å². The van der Waals surface area contributed by atoms with Gasteiger partial charge in [0.2, 0.25) is 0 Å². The number of nitrogens with zero attached hydrogens (tertiary/aromatic N) is 2. The number of amides is 1. The fraction of sp³-hybridized carbons (Fsp3) is 0.364. The topological polar surface area (TPSA) is 62.1 Å². The number of benzene rings is 2. The predicted octanol–water partition coefficient (Wildman–Crippen LogP) is 8.16. The summed E-state index contributed by atoms with van der Waals surface area (Å²) < 4.78 is 42.8.